The molecular weight excluding hydrogens is 260 g/mol. The van der Waals surface area contributed by atoms with Gasteiger partial charge < -0.3 is 10.1 Å². The number of nitrogens with one attached hydrogen (secondary N) is 1. The van der Waals surface area contributed by atoms with Crippen LogP contribution in [0, 0.1) is 0 Å². The minimum atomic E-state index is 0.497. The van der Waals surface area contributed by atoms with E-state index in [1.54, 1.807) is 6.20 Å². The van der Waals surface area contributed by atoms with Crippen molar-refractivity contribution in [1.82, 2.24) is 4.98 Å². The van der Waals surface area contributed by atoms with Gasteiger partial charge in [-0.25, -0.2) is 4.98 Å². The van der Waals surface area contributed by atoms with E-state index in [9.17, 15) is 0 Å². The van der Waals surface area contributed by atoms with Gasteiger partial charge in [0.2, 0.25) is 0 Å². The third-order valence-corrected chi connectivity index (χ3v) is 2.89. The second-order valence-electron chi connectivity index (χ2n) is 4.16. The number of rotatable bonds is 6. The first-order chi connectivity index (χ1) is 9.33. The Morgan fingerprint density at radius 3 is 2.95 bits per heavy atom. The first-order valence-electron chi connectivity index (χ1n) is 6.33. The first kappa shape index (κ1) is 13.7. The lowest BCUT2D eigenvalue weighted by molar-refractivity contribution is 0.318. The monoisotopic (exact) mass is 276 g/mol. The van der Waals surface area contributed by atoms with E-state index in [1.807, 2.05) is 36.4 Å². The van der Waals surface area contributed by atoms with E-state index in [1.165, 1.54) is 0 Å². The molecule has 0 unspecified atom stereocenters. The number of hydrogen-bond donors (Lipinski definition) is 1. The van der Waals surface area contributed by atoms with Crippen LogP contribution in [0.1, 0.15) is 18.9 Å². The van der Waals surface area contributed by atoms with Crippen molar-refractivity contribution < 1.29 is 4.74 Å². The smallest absolute Gasteiger partial charge is 0.173 e. The minimum Gasteiger partial charge on any atom is -0.490 e. The van der Waals surface area contributed by atoms with Crippen LogP contribution in [0.25, 0.3) is 0 Å². The van der Waals surface area contributed by atoms with Crippen LogP contribution >= 0.6 is 11.6 Å². The summed E-state index contributed by atoms with van der Waals surface area (Å²) in [5.74, 6) is 1.99. The lowest BCUT2D eigenvalue weighted by Crippen LogP contribution is -2.01. The van der Waals surface area contributed by atoms with Gasteiger partial charge in [0.15, 0.2) is 11.6 Å². The molecule has 0 radical (unpaired) electrons. The molecule has 0 aliphatic carbocycles. The summed E-state index contributed by atoms with van der Waals surface area (Å²) in [6.45, 7) is 2.76. The molecule has 2 aromatic rings. The van der Waals surface area contributed by atoms with Gasteiger partial charge in [-0.15, -0.1) is 11.6 Å². The molecule has 0 aliphatic heterocycles. The zero-order valence-electron chi connectivity index (χ0n) is 10.9. The van der Waals surface area contributed by atoms with Crippen LogP contribution in [0.5, 0.6) is 5.75 Å². The quantitative estimate of drug-likeness (QED) is 0.797. The van der Waals surface area contributed by atoms with Crippen LogP contribution < -0.4 is 10.1 Å². The Morgan fingerprint density at radius 1 is 1.26 bits per heavy atom. The third kappa shape index (κ3) is 3.86. The largest absolute Gasteiger partial charge is 0.490 e. The fraction of sp³-hybridized carbons (Fsp3) is 0.267. The number of benzene rings is 1. The third-order valence-electron chi connectivity index (χ3n) is 2.58. The van der Waals surface area contributed by atoms with Crippen LogP contribution in [0.4, 0.5) is 11.5 Å². The molecule has 0 aliphatic rings. The van der Waals surface area contributed by atoms with Crippen molar-refractivity contribution in [1.29, 1.82) is 0 Å². The van der Waals surface area contributed by atoms with Gasteiger partial charge in [0.1, 0.15) is 0 Å². The highest BCUT2D eigenvalue weighted by atomic mass is 35.5. The van der Waals surface area contributed by atoms with Crippen molar-refractivity contribution in [2.24, 2.45) is 0 Å². The standard InChI is InChI=1S/C15H17ClN2O/c1-2-9-19-14-7-4-8-17-15(14)18-13-6-3-5-12(10-13)11-16/h3-8,10H,2,9,11H2,1H3,(H,17,18). The Hall–Kier alpha value is -1.74. The molecule has 0 saturated carbocycles. The molecule has 3 nitrogen and oxygen atoms in total. The fourth-order valence-corrected chi connectivity index (χ4v) is 1.85. The Bertz CT molecular complexity index is 531. The number of anilines is 2. The van der Waals surface area contributed by atoms with Crippen molar-refractivity contribution in [3.63, 3.8) is 0 Å². The summed E-state index contributed by atoms with van der Waals surface area (Å²) in [7, 11) is 0. The van der Waals surface area contributed by atoms with Crippen molar-refractivity contribution in [2.45, 2.75) is 19.2 Å². The predicted molar refractivity (Wildman–Crippen MR) is 79.3 cm³/mol. The van der Waals surface area contributed by atoms with Crippen molar-refractivity contribution in [3.05, 3.63) is 48.2 Å². The maximum Gasteiger partial charge on any atom is 0.173 e. The maximum absolute atomic E-state index is 5.83. The van der Waals surface area contributed by atoms with Gasteiger partial charge in [0.25, 0.3) is 0 Å². The maximum atomic E-state index is 5.83. The van der Waals surface area contributed by atoms with Crippen molar-refractivity contribution in [2.75, 3.05) is 11.9 Å². The van der Waals surface area contributed by atoms with Gasteiger partial charge in [-0.1, -0.05) is 19.1 Å². The van der Waals surface area contributed by atoms with Crippen LogP contribution in [-0.4, -0.2) is 11.6 Å². The van der Waals surface area contributed by atoms with Crippen molar-refractivity contribution in [3.8, 4) is 5.75 Å². The number of alkyl halides is 1. The van der Waals surface area contributed by atoms with Gasteiger partial charge in [-0.2, -0.15) is 0 Å². The average Bonchev–Trinajstić information content (AvgIpc) is 2.46. The summed E-state index contributed by atoms with van der Waals surface area (Å²) in [4.78, 5) is 4.31. The Kier molecular flexibility index (Phi) is 5.04. The summed E-state index contributed by atoms with van der Waals surface area (Å²) in [6.07, 6.45) is 2.71. The summed E-state index contributed by atoms with van der Waals surface area (Å²) in [5.41, 5.74) is 2.02. The Morgan fingerprint density at radius 2 is 2.16 bits per heavy atom. The van der Waals surface area contributed by atoms with Crippen LogP contribution in [0.3, 0.4) is 0 Å². The van der Waals surface area contributed by atoms with E-state index in [0.29, 0.717) is 12.5 Å². The molecule has 2 rings (SSSR count). The molecule has 4 heteroatoms. The fourth-order valence-electron chi connectivity index (χ4n) is 1.68. The highest BCUT2D eigenvalue weighted by Crippen LogP contribution is 2.25. The van der Waals surface area contributed by atoms with Crippen LogP contribution in [-0.2, 0) is 5.88 Å². The SMILES string of the molecule is CCCOc1cccnc1Nc1cccc(CCl)c1. The zero-order chi connectivity index (χ0) is 13.5. The molecule has 1 N–H and O–H groups in total. The summed E-state index contributed by atoms with van der Waals surface area (Å²) >= 11 is 5.83. The lowest BCUT2D eigenvalue weighted by Gasteiger charge is -2.12. The summed E-state index contributed by atoms with van der Waals surface area (Å²) in [6, 6.07) is 11.7. The molecule has 0 fully saturated rings. The molecule has 0 spiro atoms. The minimum absolute atomic E-state index is 0.497. The Labute approximate surface area is 118 Å². The highest BCUT2D eigenvalue weighted by Gasteiger charge is 2.05. The molecule has 100 valence electrons. The highest BCUT2D eigenvalue weighted by molar-refractivity contribution is 6.17. The first-order valence-corrected chi connectivity index (χ1v) is 6.86. The molecule has 1 aromatic carbocycles. The van der Waals surface area contributed by atoms with E-state index in [2.05, 4.69) is 17.2 Å². The lowest BCUT2D eigenvalue weighted by atomic mass is 10.2. The second-order valence-corrected chi connectivity index (χ2v) is 4.42. The molecule has 0 amide bonds. The van der Waals surface area contributed by atoms with Crippen molar-refractivity contribution >= 4 is 23.1 Å². The van der Waals surface area contributed by atoms with E-state index in [-0.39, 0.29) is 0 Å². The summed E-state index contributed by atoms with van der Waals surface area (Å²) < 4.78 is 5.66. The number of ether oxygens (including phenoxy) is 1. The number of nitrogens with zero attached hydrogens (tertiary/aromatic N) is 1. The topological polar surface area (TPSA) is 34.1 Å². The van der Waals surface area contributed by atoms with Gasteiger partial charge in [0.05, 0.1) is 6.61 Å². The van der Waals surface area contributed by atoms with Gasteiger partial charge in [-0.05, 0) is 36.2 Å². The van der Waals surface area contributed by atoms with Gasteiger partial charge >= 0.3 is 0 Å². The van der Waals surface area contributed by atoms with Crippen LogP contribution in [0.15, 0.2) is 42.6 Å². The molecule has 1 heterocycles. The van der Waals surface area contributed by atoms with Gasteiger partial charge in [0, 0.05) is 17.8 Å². The van der Waals surface area contributed by atoms with Gasteiger partial charge in [-0.3, -0.25) is 0 Å². The van der Waals surface area contributed by atoms with E-state index >= 15 is 0 Å². The molecule has 0 atom stereocenters. The number of halogens is 1. The second kappa shape index (κ2) is 7.00. The molecular formula is C15H17ClN2O. The zero-order valence-corrected chi connectivity index (χ0v) is 11.7. The number of aromatic nitrogens is 1. The normalized spacial score (nSPS) is 10.2. The van der Waals surface area contributed by atoms with E-state index < -0.39 is 0 Å². The van der Waals surface area contributed by atoms with Crippen LogP contribution in [0.2, 0.25) is 0 Å². The average molecular weight is 277 g/mol. The predicted octanol–water partition coefficient (Wildman–Crippen LogP) is 4.35. The van der Waals surface area contributed by atoms with E-state index in [0.717, 1.165) is 29.2 Å². The Balaban J connectivity index is 2.17. The molecule has 0 saturated heterocycles. The molecule has 0 bridgehead atoms. The summed E-state index contributed by atoms with van der Waals surface area (Å²) in [5, 5.41) is 3.26. The van der Waals surface area contributed by atoms with E-state index in [4.69, 9.17) is 16.3 Å². The number of pyridine rings is 1. The number of hydrogen-bond acceptors (Lipinski definition) is 3. The molecule has 1 aromatic heterocycles. The molecule has 19 heavy (non-hydrogen) atoms.